The molecule has 5 N–H and O–H groups in total. The Hall–Kier alpha value is -0.660. The molecular weight excluding hydrogens is 206 g/mol. The second-order valence-corrected chi connectivity index (χ2v) is 4.99. The van der Waals surface area contributed by atoms with E-state index in [2.05, 4.69) is 5.32 Å². The molecule has 0 fully saturated rings. The third-order valence-electron chi connectivity index (χ3n) is 1.44. The number of rotatable bonds is 6. The maximum absolute atomic E-state index is 11.0. The van der Waals surface area contributed by atoms with Crippen LogP contribution in [0.15, 0.2) is 0 Å². The highest BCUT2D eigenvalue weighted by atomic mass is 32.2. The highest BCUT2D eigenvalue weighted by Gasteiger charge is 2.05. The Labute approximate surface area is 84.1 Å². The summed E-state index contributed by atoms with van der Waals surface area (Å²) < 4.78 is 21.0. The zero-order valence-corrected chi connectivity index (χ0v) is 9.01. The Bertz CT molecular complexity index is 274. The Morgan fingerprint density at radius 2 is 2.07 bits per heavy atom. The quantitative estimate of drug-likeness (QED) is 0.476. The van der Waals surface area contributed by atoms with Crippen molar-refractivity contribution < 1.29 is 13.2 Å². The Kier molecular flexibility index (Phi) is 5.66. The van der Waals surface area contributed by atoms with E-state index >= 15 is 0 Å². The first-order valence-electron chi connectivity index (χ1n) is 4.34. The summed E-state index contributed by atoms with van der Waals surface area (Å²) in [5.74, 6) is -0.291. The minimum Gasteiger partial charge on any atom is -0.356 e. The van der Waals surface area contributed by atoms with Gasteiger partial charge in [-0.25, -0.2) is 13.6 Å². The van der Waals surface area contributed by atoms with Gasteiger partial charge in [0.05, 0.1) is 5.75 Å². The first-order chi connectivity index (χ1) is 6.31. The lowest BCUT2D eigenvalue weighted by Gasteiger charge is -2.06. The van der Waals surface area contributed by atoms with E-state index in [-0.39, 0.29) is 24.1 Å². The van der Waals surface area contributed by atoms with Crippen molar-refractivity contribution in [2.24, 2.45) is 10.9 Å². The van der Waals surface area contributed by atoms with Crippen molar-refractivity contribution in [1.82, 2.24) is 5.32 Å². The standard InChI is InChI=1S/C7H17N3O3S/c1-6(8)5-7(11)10-3-2-4-14(9,12)13/h6H,2-5,8H2,1H3,(H,10,11)(H2,9,12,13). The lowest BCUT2D eigenvalue weighted by atomic mass is 10.2. The van der Waals surface area contributed by atoms with E-state index in [0.717, 1.165) is 0 Å². The summed E-state index contributed by atoms with van der Waals surface area (Å²) in [6.07, 6.45) is 0.568. The van der Waals surface area contributed by atoms with Crippen LogP contribution in [0.2, 0.25) is 0 Å². The van der Waals surface area contributed by atoms with Gasteiger partial charge in [-0.1, -0.05) is 0 Å². The number of sulfonamides is 1. The fraction of sp³-hybridized carbons (Fsp3) is 0.857. The van der Waals surface area contributed by atoms with Gasteiger partial charge in [0.15, 0.2) is 0 Å². The van der Waals surface area contributed by atoms with Gasteiger partial charge in [0.25, 0.3) is 0 Å². The molecule has 0 saturated heterocycles. The van der Waals surface area contributed by atoms with Crippen LogP contribution < -0.4 is 16.2 Å². The van der Waals surface area contributed by atoms with Crippen molar-refractivity contribution in [3.63, 3.8) is 0 Å². The molecule has 0 spiro atoms. The number of primary sulfonamides is 1. The van der Waals surface area contributed by atoms with Crippen LogP contribution in [0.25, 0.3) is 0 Å². The number of carbonyl (C=O) groups is 1. The van der Waals surface area contributed by atoms with Gasteiger partial charge in [0, 0.05) is 19.0 Å². The molecule has 0 aliphatic heterocycles. The number of hydrogen-bond donors (Lipinski definition) is 3. The monoisotopic (exact) mass is 223 g/mol. The summed E-state index contributed by atoms with van der Waals surface area (Å²) in [7, 11) is -3.42. The van der Waals surface area contributed by atoms with Gasteiger partial charge in [0.1, 0.15) is 0 Å². The van der Waals surface area contributed by atoms with E-state index in [9.17, 15) is 13.2 Å². The fourth-order valence-electron chi connectivity index (χ4n) is 0.866. The van der Waals surface area contributed by atoms with Crippen LogP contribution in [0.3, 0.4) is 0 Å². The molecule has 1 unspecified atom stereocenters. The van der Waals surface area contributed by atoms with Crippen LogP contribution in [0.1, 0.15) is 19.8 Å². The number of amides is 1. The Balaban J connectivity index is 3.51. The number of hydrogen-bond acceptors (Lipinski definition) is 4. The van der Waals surface area contributed by atoms with Gasteiger partial charge in [-0.15, -0.1) is 0 Å². The molecule has 0 heterocycles. The summed E-state index contributed by atoms with van der Waals surface area (Å²) in [6.45, 7) is 2.03. The molecule has 0 aromatic rings. The fourth-order valence-corrected chi connectivity index (χ4v) is 1.41. The lowest BCUT2D eigenvalue weighted by molar-refractivity contribution is -0.121. The molecule has 0 aromatic heterocycles. The van der Waals surface area contributed by atoms with Crippen LogP contribution in [0.5, 0.6) is 0 Å². The van der Waals surface area contributed by atoms with Gasteiger partial charge in [-0.3, -0.25) is 4.79 Å². The van der Waals surface area contributed by atoms with Gasteiger partial charge in [-0.05, 0) is 13.3 Å². The molecule has 14 heavy (non-hydrogen) atoms. The SMILES string of the molecule is CC(N)CC(=O)NCCCS(N)(=O)=O. The van der Waals surface area contributed by atoms with E-state index in [1.54, 1.807) is 6.92 Å². The summed E-state index contributed by atoms with van der Waals surface area (Å²) in [4.78, 5) is 11.0. The highest BCUT2D eigenvalue weighted by Crippen LogP contribution is 1.87. The minimum absolute atomic E-state index is 0.120. The van der Waals surface area contributed by atoms with Crippen molar-refractivity contribution in [1.29, 1.82) is 0 Å². The minimum atomic E-state index is -3.42. The summed E-state index contributed by atoms with van der Waals surface area (Å²) in [5, 5.41) is 7.32. The van der Waals surface area contributed by atoms with E-state index < -0.39 is 10.0 Å². The third-order valence-corrected chi connectivity index (χ3v) is 2.29. The first kappa shape index (κ1) is 13.3. The zero-order chi connectivity index (χ0) is 11.2. The van der Waals surface area contributed by atoms with Crippen LogP contribution in [-0.4, -0.2) is 32.7 Å². The predicted molar refractivity (Wildman–Crippen MR) is 53.9 cm³/mol. The third kappa shape index (κ3) is 9.43. The maximum Gasteiger partial charge on any atom is 0.221 e. The normalized spacial score (nSPS) is 13.6. The summed E-state index contributed by atoms with van der Waals surface area (Å²) in [6, 6.07) is -0.187. The van der Waals surface area contributed by atoms with Crippen LogP contribution in [0, 0.1) is 0 Å². The molecule has 7 heteroatoms. The van der Waals surface area contributed by atoms with Gasteiger partial charge in [-0.2, -0.15) is 0 Å². The highest BCUT2D eigenvalue weighted by molar-refractivity contribution is 7.89. The first-order valence-corrected chi connectivity index (χ1v) is 6.05. The van der Waals surface area contributed by atoms with E-state index in [1.807, 2.05) is 0 Å². The van der Waals surface area contributed by atoms with Gasteiger partial charge in [0.2, 0.25) is 15.9 Å². The Morgan fingerprint density at radius 3 is 2.50 bits per heavy atom. The van der Waals surface area contributed by atoms with Crippen molar-refractivity contribution in [2.75, 3.05) is 12.3 Å². The van der Waals surface area contributed by atoms with Crippen LogP contribution in [0.4, 0.5) is 0 Å². The largest absolute Gasteiger partial charge is 0.356 e. The second kappa shape index (κ2) is 5.94. The van der Waals surface area contributed by atoms with Gasteiger partial charge < -0.3 is 11.1 Å². The molecule has 0 radical (unpaired) electrons. The molecule has 6 nitrogen and oxygen atoms in total. The van der Waals surface area contributed by atoms with Crippen LogP contribution >= 0.6 is 0 Å². The number of nitrogens with one attached hydrogen (secondary N) is 1. The number of carbonyl (C=O) groups excluding carboxylic acids is 1. The van der Waals surface area contributed by atoms with Crippen molar-refractivity contribution in [3.8, 4) is 0 Å². The molecular formula is C7H17N3O3S. The Morgan fingerprint density at radius 1 is 1.50 bits per heavy atom. The summed E-state index contributed by atoms with van der Waals surface area (Å²) in [5.41, 5.74) is 5.39. The van der Waals surface area contributed by atoms with Crippen molar-refractivity contribution in [3.05, 3.63) is 0 Å². The molecule has 0 aliphatic carbocycles. The summed E-state index contributed by atoms with van der Waals surface area (Å²) >= 11 is 0. The lowest BCUT2D eigenvalue weighted by Crippen LogP contribution is -2.31. The smallest absolute Gasteiger partial charge is 0.221 e. The molecule has 84 valence electrons. The average molecular weight is 223 g/mol. The second-order valence-electron chi connectivity index (χ2n) is 3.25. The molecule has 0 aromatic carbocycles. The molecule has 0 saturated carbocycles. The number of nitrogens with two attached hydrogens (primary N) is 2. The molecule has 0 aliphatic rings. The van der Waals surface area contributed by atoms with E-state index in [1.165, 1.54) is 0 Å². The maximum atomic E-state index is 11.0. The molecule has 1 amide bonds. The van der Waals surface area contributed by atoms with Crippen LogP contribution in [-0.2, 0) is 14.8 Å². The predicted octanol–water partition coefficient (Wildman–Crippen LogP) is -1.48. The molecule has 0 bridgehead atoms. The molecule has 1 atom stereocenters. The molecule has 0 rings (SSSR count). The van der Waals surface area contributed by atoms with E-state index in [4.69, 9.17) is 10.9 Å². The van der Waals surface area contributed by atoms with Crippen molar-refractivity contribution in [2.45, 2.75) is 25.8 Å². The zero-order valence-electron chi connectivity index (χ0n) is 8.19. The van der Waals surface area contributed by atoms with Gasteiger partial charge >= 0.3 is 0 Å². The van der Waals surface area contributed by atoms with Crippen molar-refractivity contribution >= 4 is 15.9 Å². The average Bonchev–Trinajstić information content (AvgIpc) is 1.95. The topological polar surface area (TPSA) is 115 Å². The van der Waals surface area contributed by atoms with E-state index in [0.29, 0.717) is 13.0 Å².